The van der Waals surface area contributed by atoms with Crippen molar-refractivity contribution in [2.75, 3.05) is 29.4 Å². The summed E-state index contributed by atoms with van der Waals surface area (Å²) in [5, 5.41) is 3.03. The van der Waals surface area contributed by atoms with E-state index in [0.717, 1.165) is 37.3 Å². The second-order valence-electron chi connectivity index (χ2n) is 6.55. The highest BCUT2D eigenvalue weighted by molar-refractivity contribution is 5.94. The van der Waals surface area contributed by atoms with Crippen LogP contribution in [0.4, 0.5) is 16.2 Å². The van der Waals surface area contributed by atoms with Crippen molar-refractivity contribution >= 4 is 17.4 Å². The van der Waals surface area contributed by atoms with E-state index in [1.165, 1.54) is 24.1 Å². The molecule has 124 valence electrons. The zero-order valence-corrected chi connectivity index (χ0v) is 13.9. The van der Waals surface area contributed by atoms with Crippen LogP contribution in [-0.2, 0) is 13.0 Å². The van der Waals surface area contributed by atoms with Crippen LogP contribution in [-0.4, -0.2) is 25.7 Å². The van der Waals surface area contributed by atoms with E-state index >= 15 is 0 Å². The minimum atomic E-state index is -0.00785. The minimum Gasteiger partial charge on any atom is -0.372 e. The van der Waals surface area contributed by atoms with Crippen LogP contribution in [0, 0.1) is 0 Å². The molecule has 0 aliphatic carbocycles. The first kappa shape index (κ1) is 15.1. The van der Waals surface area contributed by atoms with Gasteiger partial charge in [0.15, 0.2) is 0 Å². The number of nitrogens with one attached hydrogen (secondary N) is 1. The molecular formula is C20H23N3O. The van der Waals surface area contributed by atoms with Crippen LogP contribution in [0.1, 0.15) is 24.0 Å². The van der Waals surface area contributed by atoms with Crippen LogP contribution < -0.4 is 15.1 Å². The lowest BCUT2D eigenvalue weighted by Gasteiger charge is -2.21. The van der Waals surface area contributed by atoms with Gasteiger partial charge in [-0.05, 0) is 48.6 Å². The van der Waals surface area contributed by atoms with Gasteiger partial charge < -0.3 is 10.2 Å². The number of carbonyl (C=O) groups is 1. The third-order valence-corrected chi connectivity index (χ3v) is 4.96. The number of amides is 2. The van der Waals surface area contributed by atoms with E-state index in [2.05, 4.69) is 28.4 Å². The highest BCUT2D eigenvalue weighted by atomic mass is 16.2. The van der Waals surface area contributed by atoms with Crippen LogP contribution in [0.2, 0.25) is 0 Å². The van der Waals surface area contributed by atoms with Crippen LogP contribution in [0.25, 0.3) is 0 Å². The molecule has 1 N–H and O–H groups in total. The van der Waals surface area contributed by atoms with Gasteiger partial charge in [0.2, 0.25) is 0 Å². The molecule has 2 amide bonds. The number of benzene rings is 2. The topological polar surface area (TPSA) is 35.6 Å². The number of urea groups is 1. The fourth-order valence-electron chi connectivity index (χ4n) is 3.64. The number of nitrogens with zero attached hydrogens (tertiary/aromatic N) is 2. The predicted molar refractivity (Wildman–Crippen MR) is 97.6 cm³/mol. The van der Waals surface area contributed by atoms with Crippen molar-refractivity contribution in [3.63, 3.8) is 0 Å². The predicted octanol–water partition coefficient (Wildman–Crippen LogP) is 3.56. The minimum absolute atomic E-state index is 0.00785. The summed E-state index contributed by atoms with van der Waals surface area (Å²) in [5.74, 6) is 0. The van der Waals surface area contributed by atoms with Crippen LogP contribution in [0.5, 0.6) is 0 Å². The van der Waals surface area contributed by atoms with Gasteiger partial charge in [0.05, 0.1) is 0 Å². The van der Waals surface area contributed by atoms with Crippen molar-refractivity contribution in [1.29, 1.82) is 0 Å². The van der Waals surface area contributed by atoms with E-state index in [-0.39, 0.29) is 6.03 Å². The van der Waals surface area contributed by atoms with Crippen molar-refractivity contribution in [3.05, 3.63) is 59.7 Å². The second-order valence-corrected chi connectivity index (χ2v) is 6.55. The van der Waals surface area contributed by atoms with Gasteiger partial charge in [0.25, 0.3) is 0 Å². The molecule has 4 heteroatoms. The normalized spacial score (nSPS) is 16.3. The molecule has 0 aromatic heterocycles. The summed E-state index contributed by atoms with van der Waals surface area (Å²) in [5.41, 5.74) is 4.77. The summed E-state index contributed by atoms with van der Waals surface area (Å²) >= 11 is 0. The van der Waals surface area contributed by atoms with E-state index in [1.807, 2.05) is 35.2 Å². The van der Waals surface area contributed by atoms with Gasteiger partial charge in [-0.1, -0.05) is 30.3 Å². The van der Waals surface area contributed by atoms with Crippen molar-refractivity contribution in [2.24, 2.45) is 0 Å². The SMILES string of the molecule is O=C(NCc1ccccc1)N1CCc2cc(N3CCCC3)ccc21. The molecule has 24 heavy (non-hydrogen) atoms. The summed E-state index contributed by atoms with van der Waals surface area (Å²) in [7, 11) is 0. The van der Waals surface area contributed by atoms with Crippen molar-refractivity contribution in [2.45, 2.75) is 25.8 Å². The molecule has 0 bridgehead atoms. The Morgan fingerprint density at radius 3 is 2.58 bits per heavy atom. The van der Waals surface area contributed by atoms with E-state index < -0.39 is 0 Å². The Kier molecular flexibility index (Phi) is 4.11. The van der Waals surface area contributed by atoms with Crippen molar-refractivity contribution in [1.82, 2.24) is 5.32 Å². The average molecular weight is 321 g/mol. The van der Waals surface area contributed by atoms with Gasteiger partial charge in [0.1, 0.15) is 0 Å². The molecule has 0 saturated carbocycles. The highest BCUT2D eigenvalue weighted by Crippen LogP contribution is 2.32. The maximum atomic E-state index is 12.5. The molecule has 2 aliphatic rings. The number of anilines is 2. The van der Waals surface area contributed by atoms with Gasteiger partial charge in [-0.25, -0.2) is 4.79 Å². The molecule has 1 saturated heterocycles. The maximum Gasteiger partial charge on any atom is 0.322 e. The smallest absolute Gasteiger partial charge is 0.322 e. The molecule has 0 unspecified atom stereocenters. The first-order valence-corrected chi connectivity index (χ1v) is 8.78. The molecule has 4 nitrogen and oxygen atoms in total. The molecule has 2 heterocycles. The van der Waals surface area contributed by atoms with Gasteiger partial charge in [-0.3, -0.25) is 4.90 Å². The zero-order chi connectivity index (χ0) is 16.4. The third-order valence-electron chi connectivity index (χ3n) is 4.96. The zero-order valence-electron chi connectivity index (χ0n) is 13.9. The van der Waals surface area contributed by atoms with Crippen LogP contribution in [0.3, 0.4) is 0 Å². The third kappa shape index (κ3) is 2.96. The summed E-state index contributed by atoms with van der Waals surface area (Å²) < 4.78 is 0. The Morgan fingerprint density at radius 2 is 1.79 bits per heavy atom. The summed E-state index contributed by atoms with van der Waals surface area (Å²) in [6.45, 7) is 3.64. The Bertz CT molecular complexity index is 723. The standard InChI is InChI=1S/C20H23N3O/c24-20(21-15-16-6-2-1-3-7-16)23-13-10-17-14-18(8-9-19(17)23)22-11-4-5-12-22/h1-3,6-9,14H,4-5,10-13,15H2,(H,21,24). The van der Waals surface area contributed by atoms with Crippen LogP contribution in [0.15, 0.2) is 48.5 Å². The molecule has 0 spiro atoms. The molecule has 4 rings (SSSR count). The molecular weight excluding hydrogens is 298 g/mol. The number of hydrogen-bond acceptors (Lipinski definition) is 2. The average Bonchev–Trinajstić information content (AvgIpc) is 3.29. The lowest BCUT2D eigenvalue weighted by atomic mass is 10.1. The van der Waals surface area contributed by atoms with Crippen LogP contribution >= 0.6 is 0 Å². The summed E-state index contributed by atoms with van der Waals surface area (Å²) in [6, 6.07) is 16.6. The van der Waals surface area contributed by atoms with E-state index in [4.69, 9.17) is 0 Å². The lowest BCUT2D eigenvalue weighted by molar-refractivity contribution is 0.246. The maximum absolute atomic E-state index is 12.5. The Balaban J connectivity index is 1.44. The van der Waals surface area contributed by atoms with Gasteiger partial charge in [0, 0.05) is 37.6 Å². The quantitative estimate of drug-likeness (QED) is 0.938. The second kappa shape index (κ2) is 6.56. The van der Waals surface area contributed by atoms with E-state index in [0.29, 0.717) is 6.54 Å². The molecule has 1 fully saturated rings. The number of hydrogen-bond donors (Lipinski definition) is 1. The highest BCUT2D eigenvalue weighted by Gasteiger charge is 2.25. The first-order chi connectivity index (χ1) is 11.8. The fourth-order valence-corrected chi connectivity index (χ4v) is 3.64. The molecule has 0 radical (unpaired) electrons. The van der Waals surface area contributed by atoms with E-state index in [9.17, 15) is 4.79 Å². The molecule has 2 aromatic rings. The van der Waals surface area contributed by atoms with Crippen molar-refractivity contribution in [3.8, 4) is 0 Å². The van der Waals surface area contributed by atoms with E-state index in [1.54, 1.807) is 0 Å². The Labute approximate surface area is 143 Å². The van der Waals surface area contributed by atoms with Gasteiger partial charge >= 0.3 is 6.03 Å². The number of carbonyl (C=O) groups excluding carboxylic acids is 1. The lowest BCUT2D eigenvalue weighted by Crippen LogP contribution is -2.38. The Morgan fingerprint density at radius 1 is 1.00 bits per heavy atom. The van der Waals surface area contributed by atoms with Gasteiger partial charge in [-0.2, -0.15) is 0 Å². The number of fused-ring (bicyclic) bond motifs is 1. The molecule has 0 atom stereocenters. The monoisotopic (exact) mass is 321 g/mol. The largest absolute Gasteiger partial charge is 0.372 e. The molecule has 2 aromatic carbocycles. The first-order valence-electron chi connectivity index (χ1n) is 8.78. The summed E-state index contributed by atoms with van der Waals surface area (Å²) in [4.78, 5) is 16.8. The molecule has 2 aliphatic heterocycles. The Hall–Kier alpha value is -2.49. The fraction of sp³-hybridized carbons (Fsp3) is 0.350. The van der Waals surface area contributed by atoms with Crippen molar-refractivity contribution < 1.29 is 4.79 Å². The number of rotatable bonds is 3. The van der Waals surface area contributed by atoms with Gasteiger partial charge in [-0.15, -0.1) is 0 Å². The summed E-state index contributed by atoms with van der Waals surface area (Å²) in [6.07, 6.45) is 3.51.